The summed E-state index contributed by atoms with van der Waals surface area (Å²) in [6, 6.07) is 1.38. The van der Waals surface area contributed by atoms with E-state index in [2.05, 4.69) is 19.4 Å². The molecule has 0 aromatic rings. The maximum atomic E-state index is 5.94. The van der Waals surface area contributed by atoms with Crippen molar-refractivity contribution in [3.05, 3.63) is 0 Å². The number of nitrogens with zero attached hydrogens (tertiary/aromatic N) is 1. The van der Waals surface area contributed by atoms with Crippen LogP contribution in [0, 0.1) is 0 Å². The van der Waals surface area contributed by atoms with E-state index in [4.69, 9.17) is 4.74 Å². The number of morpholine rings is 1. The molecule has 3 heteroatoms. The van der Waals surface area contributed by atoms with E-state index in [1.54, 1.807) is 0 Å². The summed E-state index contributed by atoms with van der Waals surface area (Å²) < 4.78 is 7.21. The van der Waals surface area contributed by atoms with Crippen LogP contribution in [0.3, 0.4) is 0 Å². The van der Waals surface area contributed by atoms with Crippen LogP contribution < -0.4 is 5.32 Å². The Hall–Kier alpha value is -0.120. The summed E-state index contributed by atoms with van der Waals surface area (Å²) >= 11 is 0. The number of quaternary nitrogens is 1. The Balaban J connectivity index is 1.99. The first kappa shape index (κ1) is 7.30. The van der Waals surface area contributed by atoms with E-state index < -0.39 is 0 Å². The highest BCUT2D eigenvalue weighted by atomic mass is 16.5. The third kappa shape index (κ3) is 0.640. The van der Waals surface area contributed by atoms with E-state index in [9.17, 15) is 0 Å². The Kier molecular flexibility index (Phi) is 1.23. The maximum Gasteiger partial charge on any atom is 0.134 e. The Morgan fingerprint density at radius 1 is 1.42 bits per heavy atom. The average Bonchev–Trinajstić information content (AvgIpc) is 2.55. The Morgan fingerprint density at radius 2 is 2.25 bits per heavy atom. The summed E-state index contributed by atoms with van der Waals surface area (Å²) in [5.41, 5.74) is 0. The molecule has 3 fully saturated rings. The second-order valence-corrected chi connectivity index (χ2v) is 4.69. The molecule has 0 radical (unpaired) electrons. The van der Waals surface area contributed by atoms with E-state index in [0.29, 0.717) is 18.2 Å². The van der Waals surface area contributed by atoms with E-state index in [0.717, 1.165) is 6.04 Å². The van der Waals surface area contributed by atoms with Gasteiger partial charge in [0.15, 0.2) is 0 Å². The first-order valence-electron chi connectivity index (χ1n) is 4.91. The molecule has 3 heterocycles. The van der Waals surface area contributed by atoms with Crippen molar-refractivity contribution in [3.63, 3.8) is 0 Å². The second kappa shape index (κ2) is 2.03. The lowest BCUT2D eigenvalue weighted by molar-refractivity contribution is -0.916. The van der Waals surface area contributed by atoms with Gasteiger partial charge in [0.05, 0.1) is 19.6 Å². The molecule has 12 heavy (non-hydrogen) atoms. The lowest BCUT2D eigenvalue weighted by Crippen LogP contribution is -2.51. The fourth-order valence-corrected chi connectivity index (χ4v) is 3.58. The van der Waals surface area contributed by atoms with E-state index >= 15 is 0 Å². The van der Waals surface area contributed by atoms with Crippen molar-refractivity contribution in [2.45, 2.75) is 30.7 Å². The number of hydrogen-bond donors (Lipinski definition) is 1. The van der Waals surface area contributed by atoms with Gasteiger partial charge in [-0.15, -0.1) is 0 Å². The fraction of sp³-hybridized carbons (Fsp3) is 1.00. The molecule has 0 amide bonds. The highest BCUT2D eigenvalue weighted by Gasteiger charge is 2.65. The van der Waals surface area contributed by atoms with E-state index in [1.807, 2.05) is 0 Å². The van der Waals surface area contributed by atoms with Crippen molar-refractivity contribution in [1.82, 2.24) is 5.32 Å². The number of hydrogen-bond acceptors (Lipinski definition) is 2. The highest BCUT2D eigenvalue weighted by Crippen LogP contribution is 2.44. The maximum absolute atomic E-state index is 5.94. The first-order valence-corrected chi connectivity index (χ1v) is 4.91. The van der Waals surface area contributed by atoms with Gasteiger partial charge in [-0.25, -0.2) is 0 Å². The van der Waals surface area contributed by atoms with Crippen LogP contribution in [-0.2, 0) is 4.74 Å². The van der Waals surface area contributed by atoms with E-state index in [1.165, 1.54) is 24.0 Å². The molecule has 0 saturated carbocycles. The van der Waals surface area contributed by atoms with Crippen LogP contribution in [-0.4, -0.2) is 56.0 Å². The summed E-state index contributed by atoms with van der Waals surface area (Å²) in [5.74, 6) is 0. The van der Waals surface area contributed by atoms with Crippen LogP contribution in [0.25, 0.3) is 0 Å². The molecule has 2 bridgehead atoms. The van der Waals surface area contributed by atoms with Crippen molar-refractivity contribution in [2.24, 2.45) is 0 Å². The van der Waals surface area contributed by atoms with Gasteiger partial charge in [-0.3, -0.25) is 0 Å². The highest BCUT2D eigenvalue weighted by molar-refractivity contribution is 5.04. The minimum absolute atomic E-state index is 0.498. The Morgan fingerprint density at radius 3 is 2.83 bits per heavy atom. The van der Waals surface area contributed by atoms with Crippen molar-refractivity contribution in [1.29, 1.82) is 0 Å². The van der Waals surface area contributed by atoms with Gasteiger partial charge in [-0.1, -0.05) is 0 Å². The fourth-order valence-electron chi connectivity index (χ4n) is 3.58. The molecule has 68 valence electrons. The van der Waals surface area contributed by atoms with Crippen LogP contribution in [0.4, 0.5) is 0 Å². The lowest BCUT2D eigenvalue weighted by Gasteiger charge is -2.33. The third-order valence-corrected chi connectivity index (χ3v) is 4.07. The molecule has 0 aromatic carbocycles. The molecule has 0 aromatic heterocycles. The quantitative estimate of drug-likeness (QED) is 0.538. The summed E-state index contributed by atoms with van der Waals surface area (Å²) in [6.07, 6.45) is 2.33. The number of rotatable bonds is 1. The van der Waals surface area contributed by atoms with Gasteiger partial charge in [0.1, 0.15) is 24.8 Å². The van der Waals surface area contributed by atoms with Crippen molar-refractivity contribution >= 4 is 0 Å². The van der Waals surface area contributed by atoms with Gasteiger partial charge in [-0.2, -0.15) is 0 Å². The molecule has 3 aliphatic rings. The predicted octanol–water partition coefficient (Wildman–Crippen LogP) is -0.426. The summed E-state index contributed by atoms with van der Waals surface area (Å²) in [6.45, 7) is 2.55. The molecule has 0 unspecified atom stereocenters. The molecular formula is C9H17N2O+. The van der Waals surface area contributed by atoms with Crippen molar-refractivity contribution < 1.29 is 9.22 Å². The average molecular weight is 169 g/mol. The predicted molar refractivity (Wildman–Crippen MR) is 45.8 cm³/mol. The van der Waals surface area contributed by atoms with Crippen LogP contribution in [0.2, 0.25) is 0 Å². The van der Waals surface area contributed by atoms with Gasteiger partial charge < -0.3 is 14.5 Å². The normalized spacial score (nSPS) is 61.5. The topological polar surface area (TPSA) is 21.3 Å². The zero-order valence-corrected chi connectivity index (χ0v) is 7.79. The Bertz CT molecular complexity index is 221. The molecular weight excluding hydrogens is 152 g/mol. The number of ether oxygens (including phenoxy) is 1. The standard InChI is InChI=1S/C9H17N2O/c1-10-8-7-5-11(2)4-3-6(12-7)9(8)11/h6-10H,3-5H2,1-2H3/q+1/t6-,7+,8-,9+,11-/m0/s1. The second-order valence-electron chi connectivity index (χ2n) is 4.69. The molecule has 3 nitrogen and oxygen atoms in total. The third-order valence-electron chi connectivity index (χ3n) is 4.07. The zero-order chi connectivity index (χ0) is 8.34. The zero-order valence-electron chi connectivity index (χ0n) is 7.79. The van der Waals surface area contributed by atoms with Crippen LogP contribution >= 0.6 is 0 Å². The summed E-state index contributed by atoms with van der Waals surface area (Å²) in [4.78, 5) is 0. The summed E-state index contributed by atoms with van der Waals surface area (Å²) in [5, 5.41) is 3.41. The summed E-state index contributed by atoms with van der Waals surface area (Å²) in [7, 11) is 4.45. The van der Waals surface area contributed by atoms with Crippen molar-refractivity contribution in [3.8, 4) is 0 Å². The monoisotopic (exact) mass is 169 g/mol. The number of nitrogens with one attached hydrogen (secondary N) is 1. The molecule has 0 spiro atoms. The van der Waals surface area contributed by atoms with Crippen molar-refractivity contribution in [2.75, 3.05) is 27.2 Å². The molecule has 1 N–H and O–H groups in total. The van der Waals surface area contributed by atoms with Crippen LogP contribution in [0.15, 0.2) is 0 Å². The lowest BCUT2D eigenvalue weighted by atomic mass is 10.1. The van der Waals surface area contributed by atoms with E-state index in [-0.39, 0.29) is 0 Å². The minimum atomic E-state index is 0.498. The van der Waals surface area contributed by atoms with Gasteiger partial charge >= 0.3 is 0 Å². The van der Waals surface area contributed by atoms with Gasteiger partial charge in [0.2, 0.25) is 0 Å². The van der Waals surface area contributed by atoms with Crippen LogP contribution in [0.1, 0.15) is 6.42 Å². The minimum Gasteiger partial charge on any atom is -0.361 e. The van der Waals surface area contributed by atoms with Crippen LogP contribution in [0.5, 0.6) is 0 Å². The smallest absolute Gasteiger partial charge is 0.134 e. The molecule has 3 rings (SSSR count). The molecule has 0 aliphatic carbocycles. The largest absolute Gasteiger partial charge is 0.361 e. The van der Waals surface area contributed by atoms with Gasteiger partial charge in [-0.05, 0) is 7.05 Å². The number of likely N-dealkylation sites (N-methyl/N-ethyl adjacent to an activating group) is 2. The van der Waals surface area contributed by atoms with Gasteiger partial charge in [0, 0.05) is 6.42 Å². The Labute approximate surface area is 73.3 Å². The molecule has 5 atom stereocenters. The van der Waals surface area contributed by atoms with Gasteiger partial charge in [0.25, 0.3) is 0 Å². The SMILES string of the molecule is CN[C@@H]1[C@H]2[C@@H]3CC[N@@+]2(C)C[C@H]1O3. The first-order chi connectivity index (χ1) is 5.74. The number of fused-ring (bicyclic) bond motifs is 1. The molecule has 3 aliphatic heterocycles. The molecule has 3 saturated heterocycles.